The number of aryl methyl sites for hydroxylation is 1. The molecular weight excluding hydrogens is 286 g/mol. The Morgan fingerprint density at radius 1 is 1.05 bits per heavy atom. The second kappa shape index (κ2) is 6.78. The van der Waals surface area contributed by atoms with E-state index >= 15 is 0 Å². The van der Waals surface area contributed by atoms with Gasteiger partial charge in [0.05, 0.1) is 0 Å². The molecule has 3 atom stereocenters. The van der Waals surface area contributed by atoms with E-state index in [1.165, 1.54) is 28.0 Å². The van der Waals surface area contributed by atoms with Crippen LogP contribution in [0.4, 0.5) is 0 Å². The van der Waals surface area contributed by atoms with Gasteiger partial charge in [-0.25, -0.2) is 0 Å². The van der Waals surface area contributed by atoms with Crippen LogP contribution < -0.4 is 0 Å². The minimum Gasteiger partial charge on any atom is -0.261 e. The Morgan fingerprint density at radius 2 is 1.68 bits per heavy atom. The molecule has 0 aliphatic carbocycles. The van der Waals surface area contributed by atoms with Crippen molar-refractivity contribution in [3.8, 4) is 0 Å². The fourth-order valence-electron chi connectivity index (χ4n) is 3.39. The zero-order valence-corrected chi connectivity index (χ0v) is 16.2. The van der Waals surface area contributed by atoms with E-state index in [0.29, 0.717) is 28.3 Å². The topological polar surface area (TPSA) is 12.9 Å². The molecule has 0 spiro atoms. The van der Waals surface area contributed by atoms with Crippen LogP contribution in [-0.2, 0) is 0 Å². The molecule has 0 saturated carbocycles. The second-order valence-corrected chi connectivity index (χ2v) is 9.08. The fraction of sp³-hybridized carbons (Fsp3) is 0.650. The lowest BCUT2D eigenvalue weighted by molar-refractivity contribution is 0.698. The van der Waals surface area contributed by atoms with Gasteiger partial charge in [0.2, 0.25) is 0 Å². The largest absolute Gasteiger partial charge is 0.261 e. The number of fused-ring (bicyclic) bond motifs is 1. The van der Waals surface area contributed by atoms with Crippen molar-refractivity contribution >= 4 is 17.3 Å². The summed E-state index contributed by atoms with van der Waals surface area (Å²) in [5, 5.41) is 1.14. The van der Waals surface area contributed by atoms with Gasteiger partial charge in [0, 0.05) is 22.4 Å². The maximum absolute atomic E-state index is 4.73. The summed E-state index contributed by atoms with van der Waals surface area (Å²) in [6, 6.07) is 0. The van der Waals surface area contributed by atoms with Crippen molar-refractivity contribution < 1.29 is 0 Å². The molecule has 1 aromatic heterocycles. The Hall–Kier alpha value is -0.760. The Labute approximate surface area is 141 Å². The number of pyridine rings is 1. The summed E-state index contributed by atoms with van der Waals surface area (Å²) in [5.74, 6) is 1.66. The molecule has 0 fully saturated rings. The Bertz CT molecular complexity index is 571. The van der Waals surface area contributed by atoms with E-state index in [-0.39, 0.29) is 0 Å². The highest BCUT2D eigenvalue weighted by Gasteiger charge is 2.28. The van der Waals surface area contributed by atoms with E-state index in [4.69, 9.17) is 4.98 Å². The maximum atomic E-state index is 4.73. The van der Waals surface area contributed by atoms with Crippen molar-refractivity contribution in [2.75, 3.05) is 0 Å². The van der Waals surface area contributed by atoms with Gasteiger partial charge in [-0.1, -0.05) is 47.6 Å². The first-order chi connectivity index (χ1) is 10.2. The van der Waals surface area contributed by atoms with Crippen LogP contribution in [0.2, 0.25) is 0 Å². The van der Waals surface area contributed by atoms with Crippen molar-refractivity contribution in [3.05, 3.63) is 34.7 Å². The van der Waals surface area contributed by atoms with Crippen LogP contribution in [0.3, 0.4) is 0 Å². The summed E-state index contributed by atoms with van der Waals surface area (Å²) in [4.78, 5) is 4.73. The molecule has 1 aliphatic rings. The van der Waals surface area contributed by atoms with Crippen molar-refractivity contribution in [2.45, 2.75) is 71.8 Å². The van der Waals surface area contributed by atoms with E-state index in [1.54, 1.807) is 0 Å². The summed E-state index contributed by atoms with van der Waals surface area (Å²) in [6.07, 6.45) is 4.64. The quantitative estimate of drug-likeness (QED) is 0.627. The molecule has 1 aliphatic heterocycles. The van der Waals surface area contributed by atoms with Crippen LogP contribution in [0.25, 0.3) is 5.57 Å². The highest BCUT2D eigenvalue weighted by atomic mass is 32.2. The van der Waals surface area contributed by atoms with Crippen LogP contribution >= 0.6 is 11.8 Å². The molecular formula is C20H31NS. The Balaban J connectivity index is 2.81. The minimum absolute atomic E-state index is 0.501. The molecule has 0 amide bonds. The first-order valence-electron chi connectivity index (χ1n) is 8.60. The molecule has 22 heavy (non-hydrogen) atoms. The van der Waals surface area contributed by atoms with Crippen molar-refractivity contribution in [1.82, 2.24) is 4.98 Å². The molecule has 0 saturated heterocycles. The number of nitrogens with zero attached hydrogens (tertiary/aromatic N) is 1. The van der Waals surface area contributed by atoms with Crippen LogP contribution in [-0.4, -0.2) is 10.2 Å². The molecule has 1 aromatic rings. The van der Waals surface area contributed by atoms with Crippen LogP contribution in [0.1, 0.15) is 82.0 Å². The first-order valence-corrected chi connectivity index (χ1v) is 9.55. The zero-order chi connectivity index (χ0) is 16.6. The molecule has 122 valence electrons. The molecule has 2 rings (SSSR count). The van der Waals surface area contributed by atoms with Crippen LogP contribution in [0.15, 0.2) is 12.3 Å². The highest BCUT2D eigenvalue weighted by Crippen LogP contribution is 2.46. The third kappa shape index (κ3) is 3.27. The number of allylic oxidation sites excluding steroid dienone is 2. The lowest BCUT2D eigenvalue weighted by Crippen LogP contribution is -2.18. The number of rotatable bonds is 2. The fourth-order valence-corrected chi connectivity index (χ4v) is 4.79. The SMILES string of the molecule is Cc1ncc(C(C)C)c2c1[C@H](C)S[C@H](C)[C@H](C)/C=C\2C(C)C. The van der Waals surface area contributed by atoms with Gasteiger partial charge in [-0.15, -0.1) is 0 Å². The zero-order valence-electron chi connectivity index (χ0n) is 15.4. The smallest absolute Gasteiger partial charge is 0.0422 e. The molecule has 0 aromatic carbocycles. The average Bonchev–Trinajstić information content (AvgIpc) is 2.41. The van der Waals surface area contributed by atoms with Crippen molar-refractivity contribution in [1.29, 1.82) is 0 Å². The van der Waals surface area contributed by atoms with Crippen LogP contribution in [0, 0.1) is 18.8 Å². The second-order valence-electron chi connectivity index (χ2n) is 7.36. The molecule has 0 unspecified atom stereocenters. The highest BCUT2D eigenvalue weighted by molar-refractivity contribution is 8.00. The monoisotopic (exact) mass is 317 g/mol. The first kappa shape index (κ1) is 17.6. The average molecular weight is 318 g/mol. The normalized spacial score (nSPS) is 28.1. The Morgan fingerprint density at radius 3 is 2.23 bits per heavy atom. The third-order valence-corrected chi connectivity index (χ3v) is 6.39. The summed E-state index contributed by atoms with van der Waals surface area (Å²) in [6.45, 7) is 18.5. The summed E-state index contributed by atoms with van der Waals surface area (Å²) >= 11 is 2.09. The molecule has 2 heterocycles. The van der Waals surface area contributed by atoms with Crippen LogP contribution in [0.5, 0.6) is 0 Å². The van der Waals surface area contributed by atoms with Gasteiger partial charge in [-0.3, -0.25) is 4.98 Å². The number of thioether (sulfide) groups is 1. The van der Waals surface area contributed by atoms with E-state index in [0.717, 1.165) is 0 Å². The maximum Gasteiger partial charge on any atom is 0.0422 e. The van der Waals surface area contributed by atoms with Gasteiger partial charge >= 0.3 is 0 Å². The number of hydrogen-bond donors (Lipinski definition) is 0. The standard InChI is InChI=1S/C20H31NS/c1-11(2)17-9-13(5)15(7)22-16(8)19-14(6)21-10-18(12(3)4)20(17)19/h9-13,15-16H,1-8H3/b17-9-/t13-,15-,16+/m1/s1. The summed E-state index contributed by atoms with van der Waals surface area (Å²) in [5.41, 5.74) is 7.10. The molecule has 0 radical (unpaired) electrons. The lowest BCUT2D eigenvalue weighted by Gasteiger charge is -2.32. The van der Waals surface area contributed by atoms with Crippen molar-refractivity contribution in [2.24, 2.45) is 11.8 Å². The van der Waals surface area contributed by atoms with Gasteiger partial charge in [-0.05, 0) is 53.9 Å². The summed E-state index contributed by atoms with van der Waals surface area (Å²) in [7, 11) is 0. The Kier molecular flexibility index (Phi) is 5.42. The van der Waals surface area contributed by atoms with Gasteiger partial charge in [0.15, 0.2) is 0 Å². The molecule has 2 heteroatoms. The predicted octanol–water partition coefficient (Wildman–Crippen LogP) is 6.39. The minimum atomic E-state index is 0.501. The molecule has 0 N–H and O–H groups in total. The lowest BCUT2D eigenvalue weighted by atomic mass is 9.82. The third-order valence-electron chi connectivity index (χ3n) is 4.89. The van der Waals surface area contributed by atoms with Gasteiger partial charge in [0.1, 0.15) is 0 Å². The molecule has 1 nitrogen and oxygen atoms in total. The van der Waals surface area contributed by atoms with Gasteiger partial charge in [-0.2, -0.15) is 11.8 Å². The van der Waals surface area contributed by atoms with E-state index < -0.39 is 0 Å². The van der Waals surface area contributed by atoms with Gasteiger partial charge < -0.3 is 0 Å². The predicted molar refractivity (Wildman–Crippen MR) is 101 cm³/mol. The number of hydrogen-bond acceptors (Lipinski definition) is 2. The molecule has 0 bridgehead atoms. The van der Waals surface area contributed by atoms with E-state index in [9.17, 15) is 0 Å². The summed E-state index contributed by atoms with van der Waals surface area (Å²) < 4.78 is 0. The van der Waals surface area contributed by atoms with Gasteiger partial charge in [0.25, 0.3) is 0 Å². The van der Waals surface area contributed by atoms with Crippen molar-refractivity contribution in [3.63, 3.8) is 0 Å². The van der Waals surface area contributed by atoms with E-state index in [1.807, 2.05) is 0 Å². The number of aromatic nitrogens is 1. The van der Waals surface area contributed by atoms with E-state index in [2.05, 4.69) is 79.4 Å².